The van der Waals surface area contributed by atoms with Crippen LogP contribution in [0.15, 0.2) is 54.6 Å². The molecule has 0 unspecified atom stereocenters. The molecule has 0 saturated carbocycles. The Hall–Kier alpha value is -3.55. The molecule has 1 fully saturated rings. The van der Waals surface area contributed by atoms with Crippen molar-refractivity contribution >= 4 is 24.1 Å². The molecule has 8 heteroatoms. The van der Waals surface area contributed by atoms with Gasteiger partial charge in [-0.3, -0.25) is 20.4 Å². The minimum absolute atomic E-state index is 0.107. The van der Waals surface area contributed by atoms with Crippen LogP contribution in [0, 0.1) is 10.8 Å². The number of alkyl halides is 1. The minimum Gasteiger partial charge on any atom is -0.432 e. The van der Waals surface area contributed by atoms with Crippen LogP contribution in [0.1, 0.15) is 55.3 Å². The van der Waals surface area contributed by atoms with Gasteiger partial charge in [-0.25, -0.2) is 4.39 Å². The van der Waals surface area contributed by atoms with E-state index in [0.717, 1.165) is 16.0 Å². The number of hydrogen-bond acceptors (Lipinski definition) is 5. The molecule has 1 saturated heterocycles. The lowest BCUT2D eigenvalue weighted by atomic mass is 9.95. The molecule has 0 aromatic heterocycles. The minimum atomic E-state index is -1.33. The molecular weight excluding hydrogens is 423 g/mol. The number of nitrogens with one attached hydrogen (secondary N) is 3. The van der Waals surface area contributed by atoms with Crippen LogP contribution in [-0.2, 0) is 14.3 Å². The van der Waals surface area contributed by atoms with E-state index >= 15 is 0 Å². The number of likely N-dealkylation sites (tertiary alicyclic amines) is 1. The zero-order chi connectivity index (χ0) is 24.0. The van der Waals surface area contributed by atoms with Crippen LogP contribution >= 0.6 is 0 Å². The molecule has 33 heavy (non-hydrogen) atoms. The van der Waals surface area contributed by atoms with Gasteiger partial charge in [0.1, 0.15) is 18.6 Å². The van der Waals surface area contributed by atoms with E-state index in [4.69, 9.17) is 10.8 Å². The number of carbonyl (C=O) groups excluding carboxylic acids is 2. The molecule has 3 atom stereocenters. The van der Waals surface area contributed by atoms with Crippen LogP contribution < -0.4 is 5.32 Å². The third-order valence-electron chi connectivity index (χ3n) is 5.74. The molecule has 2 amide bonds. The van der Waals surface area contributed by atoms with Crippen molar-refractivity contribution in [1.29, 1.82) is 10.8 Å². The monoisotopic (exact) mass is 452 g/mol. The second kappa shape index (κ2) is 10.8. The summed E-state index contributed by atoms with van der Waals surface area (Å²) in [6.07, 6.45) is -1.33. The number of ether oxygens (including phenoxy) is 1. The van der Waals surface area contributed by atoms with Gasteiger partial charge < -0.3 is 15.0 Å². The average molecular weight is 453 g/mol. The third kappa shape index (κ3) is 6.03. The predicted molar refractivity (Wildman–Crippen MR) is 124 cm³/mol. The predicted octanol–water partition coefficient (Wildman–Crippen LogP) is 3.95. The van der Waals surface area contributed by atoms with Crippen molar-refractivity contribution in [3.05, 3.63) is 71.3 Å². The van der Waals surface area contributed by atoms with E-state index in [9.17, 15) is 14.0 Å². The maximum atomic E-state index is 14.2. The lowest BCUT2D eigenvalue weighted by Gasteiger charge is -2.27. The summed E-state index contributed by atoms with van der Waals surface area (Å²) in [4.78, 5) is 27.0. The normalized spacial score (nSPS) is 18.6. The topological polar surface area (TPSA) is 106 Å². The van der Waals surface area contributed by atoms with Crippen molar-refractivity contribution in [2.45, 2.75) is 50.9 Å². The van der Waals surface area contributed by atoms with Crippen LogP contribution in [0.2, 0.25) is 0 Å². The zero-order valence-electron chi connectivity index (χ0n) is 18.8. The molecule has 1 heterocycles. The van der Waals surface area contributed by atoms with E-state index in [1.807, 2.05) is 54.6 Å². The molecule has 0 aliphatic carbocycles. The molecule has 7 nitrogen and oxygen atoms in total. The second-order valence-corrected chi connectivity index (χ2v) is 8.40. The number of hydrogen-bond donors (Lipinski definition) is 3. The Bertz CT molecular complexity index is 994. The molecule has 3 N–H and O–H groups in total. The zero-order valence-corrected chi connectivity index (χ0v) is 18.8. The molecule has 2 aromatic rings. The van der Waals surface area contributed by atoms with Gasteiger partial charge >= 0.3 is 0 Å². The second-order valence-electron chi connectivity index (χ2n) is 8.40. The Labute approximate surface area is 193 Å². The number of rotatable bonds is 8. The molecule has 0 radical (unpaired) electrons. The average Bonchev–Trinajstić information content (AvgIpc) is 3.20. The standard InChI is InChI=1S/C25H29FN4O3/c1-16(2)17-8-10-19(11-9-17)24(18-6-4-3-5-7-18)29-25(32)21-12-20(26)14-30(21)23(31)13-22(28)33-15-27/h3-11,15-16,20-21,24,27-28H,12-14H2,1-2H3,(H,29,32)/t20-,21+,24+/m1/s1. The number of amides is 2. The molecule has 174 valence electrons. The van der Waals surface area contributed by atoms with E-state index in [1.165, 1.54) is 5.56 Å². The molecule has 3 rings (SSSR count). The first-order valence-corrected chi connectivity index (χ1v) is 10.9. The molecule has 1 aliphatic heterocycles. The highest BCUT2D eigenvalue weighted by atomic mass is 19.1. The maximum absolute atomic E-state index is 14.2. The van der Waals surface area contributed by atoms with Crippen molar-refractivity contribution in [3.8, 4) is 0 Å². The SMILES string of the molecule is CC(C)c1ccc([C@@H](NC(=O)[C@@H]2C[C@@H](F)CN2C(=O)CC(=N)OC=N)c2ccccc2)cc1. The lowest BCUT2D eigenvalue weighted by Crippen LogP contribution is -2.47. The Kier molecular flexibility index (Phi) is 7.92. The first kappa shape index (κ1) is 24.1. The van der Waals surface area contributed by atoms with Gasteiger partial charge in [-0.05, 0) is 22.6 Å². The molecule has 2 aromatic carbocycles. The van der Waals surface area contributed by atoms with Crippen molar-refractivity contribution in [3.63, 3.8) is 0 Å². The van der Waals surface area contributed by atoms with Gasteiger partial charge in [0.2, 0.25) is 11.8 Å². The summed E-state index contributed by atoms with van der Waals surface area (Å²) < 4.78 is 18.8. The van der Waals surface area contributed by atoms with Gasteiger partial charge in [0.25, 0.3) is 0 Å². The van der Waals surface area contributed by atoms with Gasteiger partial charge in [0, 0.05) is 6.42 Å². The maximum Gasteiger partial charge on any atom is 0.243 e. The van der Waals surface area contributed by atoms with Gasteiger partial charge in [0.05, 0.1) is 12.6 Å². The van der Waals surface area contributed by atoms with Crippen LogP contribution in [0.5, 0.6) is 0 Å². The van der Waals surface area contributed by atoms with Gasteiger partial charge in [0.15, 0.2) is 12.3 Å². The van der Waals surface area contributed by atoms with E-state index in [1.54, 1.807) is 0 Å². The quantitative estimate of drug-likeness (QED) is 0.417. The number of benzene rings is 2. The fourth-order valence-corrected chi connectivity index (χ4v) is 3.98. The summed E-state index contributed by atoms with van der Waals surface area (Å²) in [7, 11) is 0. The largest absolute Gasteiger partial charge is 0.432 e. The van der Waals surface area contributed by atoms with Crippen molar-refractivity contribution in [2.24, 2.45) is 0 Å². The van der Waals surface area contributed by atoms with Crippen molar-refractivity contribution in [1.82, 2.24) is 10.2 Å². The summed E-state index contributed by atoms with van der Waals surface area (Å²) in [5.41, 5.74) is 2.93. The van der Waals surface area contributed by atoms with Crippen LogP contribution in [-0.4, -0.2) is 47.8 Å². The highest BCUT2D eigenvalue weighted by Gasteiger charge is 2.40. The van der Waals surface area contributed by atoms with Crippen LogP contribution in [0.3, 0.4) is 0 Å². The Balaban J connectivity index is 1.82. The first-order valence-electron chi connectivity index (χ1n) is 10.9. The van der Waals surface area contributed by atoms with Gasteiger partial charge in [-0.1, -0.05) is 68.4 Å². The Morgan fingerprint density at radius 1 is 1.12 bits per heavy atom. The smallest absolute Gasteiger partial charge is 0.243 e. The highest BCUT2D eigenvalue weighted by Crippen LogP contribution is 2.27. The van der Waals surface area contributed by atoms with Crippen molar-refractivity contribution < 1.29 is 18.7 Å². The summed E-state index contributed by atoms with van der Waals surface area (Å²) in [6, 6.07) is 16.0. The Morgan fingerprint density at radius 3 is 2.33 bits per heavy atom. The number of carbonyl (C=O) groups is 2. The fraction of sp³-hybridized carbons (Fsp3) is 0.360. The summed E-state index contributed by atoms with van der Waals surface area (Å²) >= 11 is 0. The molecule has 0 spiro atoms. The summed E-state index contributed by atoms with van der Waals surface area (Å²) in [5, 5.41) is 17.4. The van der Waals surface area contributed by atoms with Gasteiger partial charge in [-0.2, -0.15) is 0 Å². The van der Waals surface area contributed by atoms with Crippen molar-refractivity contribution in [2.75, 3.05) is 6.54 Å². The third-order valence-corrected chi connectivity index (χ3v) is 5.74. The van der Waals surface area contributed by atoms with Crippen LogP contribution in [0.25, 0.3) is 0 Å². The van der Waals surface area contributed by atoms with E-state index in [0.29, 0.717) is 12.3 Å². The highest BCUT2D eigenvalue weighted by molar-refractivity contribution is 5.99. The number of halogens is 1. The molecule has 0 bridgehead atoms. The fourth-order valence-electron chi connectivity index (χ4n) is 3.98. The first-order chi connectivity index (χ1) is 15.8. The molecule has 1 aliphatic rings. The lowest BCUT2D eigenvalue weighted by molar-refractivity contribution is -0.138. The van der Waals surface area contributed by atoms with E-state index < -0.39 is 42.4 Å². The number of nitrogens with zero attached hydrogens (tertiary/aromatic N) is 1. The van der Waals surface area contributed by atoms with E-state index in [2.05, 4.69) is 23.9 Å². The van der Waals surface area contributed by atoms with E-state index in [-0.39, 0.29) is 13.0 Å². The molecular formula is C25H29FN4O3. The summed E-state index contributed by atoms with van der Waals surface area (Å²) in [5.74, 6) is -1.09. The summed E-state index contributed by atoms with van der Waals surface area (Å²) in [6.45, 7) is 4.00. The van der Waals surface area contributed by atoms with Gasteiger partial charge in [-0.15, -0.1) is 0 Å². The Morgan fingerprint density at radius 2 is 1.73 bits per heavy atom. The van der Waals surface area contributed by atoms with Crippen LogP contribution in [0.4, 0.5) is 4.39 Å².